The molecular weight excluding hydrogens is 358 g/mol. The predicted octanol–water partition coefficient (Wildman–Crippen LogP) is 2.63. The van der Waals surface area contributed by atoms with E-state index in [0.717, 1.165) is 5.69 Å². The van der Waals surface area contributed by atoms with Crippen LogP contribution in [0.2, 0.25) is 0 Å². The van der Waals surface area contributed by atoms with Crippen LogP contribution in [0.3, 0.4) is 0 Å². The molecule has 1 atom stereocenters. The van der Waals surface area contributed by atoms with E-state index in [9.17, 15) is 14.7 Å². The Morgan fingerprint density at radius 1 is 1.29 bits per heavy atom. The first-order valence-corrected chi connectivity index (χ1v) is 9.07. The molecule has 0 bridgehead atoms. The van der Waals surface area contributed by atoms with Gasteiger partial charge in [-0.15, -0.1) is 0 Å². The fraction of sp³-hybridized carbons (Fsp3) is 0.333. The van der Waals surface area contributed by atoms with Gasteiger partial charge in [-0.1, -0.05) is 12.1 Å². The van der Waals surface area contributed by atoms with Crippen LogP contribution >= 0.6 is 0 Å². The van der Waals surface area contributed by atoms with Gasteiger partial charge in [0.05, 0.1) is 23.8 Å². The predicted molar refractivity (Wildman–Crippen MR) is 108 cm³/mol. The largest absolute Gasteiger partial charge is 0.505 e. The van der Waals surface area contributed by atoms with E-state index in [4.69, 9.17) is 4.74 Å². The molecule has 0 unspecified atom stereocenters. The van der Waals surface area contributed by atoms with E-state index in [2.05, 4.69) is 5.32 Å². The maximum atomic E-state index is 12.5. The number of fused-ring (bicyclic) bond motifs is 1. The monoisotopic (exact) mass is 383 g/mol. The molecule has 0 aliphatic carbocycles. The highest BCUT2D eigenvalue weighted by atomic mass is 16.5. The van der Waals surface area contributed by atoms with Crippen LogP contribution in [0.25, 0.3) is 0 Å². The van der Waals surface area contributed by atoms with Crippen molar-refractivity contribution in [3.63, 3.8) is 0 Å². The summed E-state index contributed by atoms with van der Waals surface area (Å²) >= 11 is 0. The number of amides is 2. The summed E-state index contributed by atoms with van der Waals surface area (Å²) in [5.74, 6) is 0.448. The molecule has 0 aromatic heterocycles. The molecule has 2 amide bonds. The zero-order valence-corrected chi connectivity index (χ0v) is 16.5. The molecule has 3 rings (SSSR count). The summed E-state index contributed by atoms with van der Waals surface area (Å²) < 4.78 is 5.80. The van der Waals surface area contributed by atoms with Crippen molar-refractivity contribution in [3.05, 3.63) is 47.5 Å². The van der Waals surface area contributed by atoms with Crippen LogP contribution < -0.4 is 15.0 Å². The molecule has 7 nitrogen and oxygen atoms in total. The topological polar surface area (TPSA) is 82.1 Å². The number of rotatable bonds is 4. The van der Waals surface area contributed by atoms with Gasteiger partial charge < -0.3 is 25.0 Å². The van der Waals surface area contributed by atoms with E-state index >= 15 is 0 Å². The van der Waals surface area contributed by atoms with Crippen molar-refractivity contribution >= 4 is 23.2 Å². The highest BCUT2D eigenvalue weighted by molar-refractivity contribution is 5.96. The van der Waals surface area contributed by atoms with Gasteiger partial charge in [0.25, 0.3) is 5.91 Å². The van der Waals surface area contributed by atoms with Gasteiger partial charge in [-0.05, 0) is 36.8 Å². The third-order valence-electron chi connectivity index (χ3n) is 4.90. The molecule has 1 aliphatic rings. The first-order chi connectivity index (χ1) is 13.3. The quantitative estimate of drug-likeness (QED) is 0.793. The molecule has 148 valence electrons. The van der Waals surface area contributed by atoms with Crippen LogP contribution in [0.15, 0.2) is 36.4 Å². The fourth-order valence-corrected chi connectivity index (χ4v) is 3.17. The van der Waals surface area contributed by atoms with Gasteiger partial charge in [-0.3, -0.25) is 9.59 Å². The number of nitrogens with zero attached hydrogens (tertiary/aromatic N) is 2. The van der Waals surface area contributed by atoms with Crippen molar-refractivity contribution in [3.8, 4) is 11.5 Å². The number of phenolic OH excluding ortho intramolecular Hbond substituents is 1. The second kappa shape index (κ2) is 7.80. The summed E-state index contributed by atoms with van der Waals surface area (Å²) in [5.41, 5.74) is 2.43. The van der Waals surface area contributed by atoms with Gasteiger partial charge in [0, 0.05) is 26.7 Å². The van der Waals surface area contributed by atoms with E-state index < -0.39 is 0 Å². The Morgan fingerprint density at radius 3 is 2.75 bits per heavy atom. The van der Waals surface area contributed by atoms with Crippen LogP contribution in [0.1, 0.15) is 22.3 Å². The second-order valence-corrected chi connectivity index (χ2v) is 7.18. The number of para-hydroxylation sites is 1. The summed E-state index contributed by atoms with van der Waals surface area (Å²) in [7, 11) is 5.29. The van der Waals surface area contributed by atoms with Crippen molar-refractivity contribution in [2.24, 2.45) is 0 Å². The lowest BCUT2D eigenvalue weighted by atomic mass is 10.1. The number of anilines is 2. The number of likely N-dealkylation sites (N-methyl/N-ethyl adjacent to an activating group) is 1. The molecule has 1 heterocycles. The Morgan fingerprint density at radius 2 is 2.04 bits per heavy atom. The molecule has 7 heteroatoms. The number of carbonyl (C=O) groups is 2. The molecule has 2 N–H and O–H groups in total. The molecule has 0 saturated heterocycles. The van der Waals surface area contributed by atoms with Crippen LogP contribution in [0, 0.1) is 6.92 Å². The molecule has 0 radical (unpaired) electrons. The number of phenols is 1. The fourth-order valence-electron chi connectivity index (χ4n) is 3.17. The maximum absolute atomic E-state index is 12.5. The lowest BCUT2D eigenvalue weighted by Crippen LogP contribution is -2.42. The average molecular weight is 383 g/mol. The third kappa shape index (κ3) is 3.88. The van der Waals surface area contributed by atoms with Gasteiger partial charge in [-0.2, -0.15) is 0 Å². The Balaban J connectivity index is 1.73. The van der Waals surface area contributed by atoms with Crippen molar-refractivity contribution in [2.45, 2.75) is 19.4 Å². The van der Waals surface area contributed by atoms with Gasteiger partial charge in [0.15, 0.2) is 0 Å². The van der Waals surface area contributed by atoms with Crippen LogP contribution in [-0.2, 0) is 4.79 Å². The van der Waals surface area contributed by atoms with Gasteiger partial charge in [0.1, 0.15) is 18.1 Å². The van der Waals surface area contributed by atoms with Gasteiger partial charge in [-0.25, -0.2) is 0 Å². The summed E-state index contributed by atoms with van der Waals surface area (Å²) in [5, 5.41) is 12.8. The lowest BCUT2D eigenvalue weighted by Gasteiger charge is -2.35. The molecular formula is C21H25N3O4. The summed E-state index contributed by atoms with van der Waals surface area (Å²) in [6.07, 6.45) is 0.190. The number of ether oxygens (including phenoxy) is 1. The Labute approximate surface area is 164 Å². The molecule has 0 fully saturated rings. The first kappa shape index (κ1) is 19.5. The smallest absolute Gasteiger partial charge is 0.253 e. The first-order valence-electron chi connectivity index (χ1n) is 9.07. The van der Waals surface area contributed by atoms with E-state index in [1.807, 2.05) is 11.9 Å². The Bertz CT molecular complexity index is 911. The average Bonchev–Trinajstić information content (AvgIpc) is 2.67. The van der Waals surface area contributed by atoms with Crippen molar-refractivity contribution in [1.82, 2.24) is 4.90 Å². The number of benzene rings is 2. The van der Waals surface area contributed by atoms with E-state index in [1.54, 1.807) is 57.4 Å². The van der Waals surface area contributed by atoms with Crippen LogP contribution in [0.4, 0.5) is 11.4 Å². The third-order valence-corrected chi connectivity index (χ3v) is 4.90. The Kier molecular flexibility index (Phi) is 5.44. The number of hydrogen-bond donors (Lipinski definition) is 2. The molecule has 2 aromatic carbocycles. The second-order valence-electron chi connectivity index (χ2n) is 7.18. The summed E-state index contributed by atoms with van der Waals surface area (Å²) in [6, 6.07) is 10.3. The number of carbonyl (C=O) groups excluding carboxylic acids is 2. The molecule has 0 spiro atoms. The Hall–Kier alpha value is -3.22. The van der Waals surface area contributed by atoms with Crippen molar-refractivity contribution in [1.29, 1.82) is 0 Å². The molecule has 0 saturated carbocycles. The SMILES string of the molecule is Cc1cccc(NC(=O)C[C@H]2COc3ccc(C(=O)N(C)C)cc3N2C)c1O. The van der Waals surface area contributed by atoms with Gasteiger partial charge >= 0.3 is 0 Å². The minimum Gasteiger partial charge on any atom is -0.505 e. The normalized spacial score (nSPS) is 15.4. The number of aryl methyl sites for hydroxylation is 1. The minimum absolute atomic E-state index is 0.0706. The van der Waals surface area contributed by atoms with Crippen molar-refractivity contribution < 1.29 is 19.4 Å². The number of aromatic hydroxyl groups is 1. The maximum Gasteiger partial charge on any atom is 0.253 e. The van der Waals surface area contributed by atoms with E-state index in [1.165, 1.54) is 4.90 Å². The highest BCUT2D eigenvalue weighted by Gasteiger charge is 2.28. The summed E-state index contributed by atoms with van der Waals surface area (Å²) in [6.45, 7) is 2.13. The van der Waals surface area contributed by atoms with E-state index in [-0.39, 0.29) is 30.0 Å². The zero-order valence-electron chi connectivity index (χ0n) is 16.5. The zero-order chi connectivity index (χ0) is 20.4. The van der Waals surface area contributed by atoms with Crippen molar-refractivity contribution in [2.75, 3.05) is 38.0 Å². The molecule has 2 aromatic rings. The lowest BCUT2D eigenvalue weighted by molar-refractivity contribution is -0.116. The van der Waals surface area contributed by atoms with Crippen LogP contribution in [0.5, 0.6) is 11.5 Å². The molecule has 28 heavy (non-hydrogen) atoms. The highest BCUT2D eigenvalue weighted by Crippen LogP contribution is 2.35. The van der Waals surface area contributed by atoms with Crippen LogP contribution in [-0.4, -0.2) is 55.6 Å². The number of nitrogens with one attached hydrogen (secondary N) is 1. The minimum atomic E-state index is -0.217. The molecule has 1 aliphatic heterocycles. The van der Waals surface area contributed by atoms with Gasteiger partial charge in [0.2, 0.25) is 5.91 Å². The standard InChI is InChI=1S/C21H25N3O4/c1-13-6-5-7-16(20(13)26)22-19(25)11-15-12-28-18-9-8-14(21(27)23(2)3)10-17(18)24(15)4/h5-10,15,26H,11-12H2,1-4H3,(H,22,25)/t15-/m0/s1. The number of hydrogen-bond acceptors (Lipinski definition) is 5. The summed E-state index contributed by atoms with van der Waals surface area (Å²) in [4.78, 5) is 28.2. The van der Waals surface area contributed by atoms with E-state index in [0.29, 0.717) is 29.2 Å².